The van der Waals surface area contributed by atoms with Crippen LogP contribution in [0.15, 0.2) is 71.2 Å². The maximum atomic E-state index is 14.0. The van der Waals surface area contributed by atoms with E-state index >= 15 is 0 Å². The Balaban J connectivity index is 1.45. The van der Waals surface area contributed by atoms with E-state index in [1.807, 2.05) is 48.5 Å². The number of ether oxygens (including phenoxy) is 1. The van der Waals surface area contributed by atoms with E-state index in [9.17, 15) is 19.1 Å². The largest absolute Gasteiger partial charge is 0.480 e. The first kappa shape index (κ1) is 21.1. The summed E-state index contributed by atoms with van der Waals surface area (Å²) in [4.78, 5) is 24.0. The van der Waals surface area contributed by atoms with Gasteiger partial charge in [-0.1, -0.05) is 64.5 Å². The second-order valence-corrected chi connectivity index (χ2v) is 8.22. The number of nitrogens with one attached hydrogen (secondary N) is 1. The molecule has 158 valence electrons. The first-order chi connectivity index (χ1) is 14.9. The number of carboxylic acid groups (broad SMARTS) is 1. The van der Waals surface area contributed by atoms with Crippen molar-refractivity contribution in [3.8, 4) is 11.1 Å². The van der Waals surface area contributed by atoms with Crippen LogP contribution < -0.4 is 5.32 Å². The van der Waals surface area contributed by atoms with Crippen LogP contribution in [0.5, 0.6) is 0 Å². The fourth-order valence-corrected chi connectivity index (χ4v) is 4.31. The maximum Gasteiger partial charge on any atom is 0.407 e. The van der Waals surface area contributed by atoms with E-state index in [4.69, 9.17) is 4.74 Å². The molecule has 31 heavy (non-hydrogen) atoms. The van der Waals surface area contributed by atoms with Gasteiger partial charge in [0.1, 0.15) is 18.5 Å². The summed E-state index contributed by atoms with van der Waals surface area (Å²) in [7, 11) is 0. The van der Waals surface area contributed by atoms with Crippen LogP contribution in [0.2, 0.25) is 0 Å². The Morgan fingerprint density at radius 1 is 1.03 bits per heavy atom. The van der Waals surface area contributed by atoms with Gasteiger partial charge >= 0.3 is 12.1 Å². The topological polar surface area (TPSA) is 75.6 Å². The van der Waals surface area contributed by atoms with Gasteiger partial charge in [-0.3, -0.25) is 0 Å². The number of halogens is 2. The van der Waals surface area contributed by atoms with Crippen molar-refractivity contribution in [3.05, 3.63) is 93.7 Å². The molecule has 7 heteroatoms. The number of fused-ring (bicyclic) bond motifs is 3. The van der Waals surface area contributed by atoms with Crippen molar-refractivity contribution in [1.29, 1.82) is 0 Å². The number of rotatable bonds is 6. The van der Waals surface area contributed by atoms with Gasteiger partial charge in [0.2, 0.25) is 0 Å². The molecule has 1 aliphatic carbocycles. The molecule has 0 unspecified atom stereocenters. The highest BCUT2D eigenvalue weighted by molar-refractivity contribution is 9.10. The molecule has 0 saturated heterocycles. The van der Waals surface area contributed by atoms with E-state index in [1.165, 1.54) is 18.2 Å². The second kappa shape index (κ2) is 8.89. The lowest BCUT2D eigenvalue weighted by atomic mass is 9.98. The molecule has 3 aromatic rings. The lowest BCUT2D eigenvalue weighted by molar-refractivity contribution is -0.139. The minimum Gasteiger partial charge on any atom is -0.480 e. The number of hydrogen-bond donors (Lipinski definition) is 2. The Kier molecular flexibility index (Phi) is 6.04. The van der Waals surface area contributed by atoms with Gasteiger partial charge in [-0.2, -0.15) is 0 Å². The van der Waals surface area contributed by atoms with Crippen LogP contribution in [0.3, 0.4) is 0 Å². The van der Waals surface area contributed by atoms with Crippen molar-refractivity contribution < 1.29 is 23.8 Å². The zero-order valence-corrected chi connectivity index (χ0v) is 17.9. The Labute approximate surface area is 187 Å². The van der Waals surface area contributed by atoms with Crippen molar-refractivity contribution in [2.45, 2.75) is 18.4 Å². The first-order valence-corrected chi connectivity index (χ1v) is 10.5. The van der Waals surface area contributed by atoms with Gasteiger partial charge < -0.3 is 15.2 Å². The molecule has 1 atom stereocenters. The summed E-state index contributed by atoms with van der Waals surface area (Å²) < 4.78 is 20.0. The van der Waals surface area contributed by atoms with Crippen molar-refractivity contribution in [3.63, 3.8) is 0 Å². The van der Waals surface area contributed by atoms with Gasteiger partial charge in [0.05, 0.1) is 0 Å². The summed E-state index contributed by atoms with van der Waals surface area (Å²) in [5.74, 6) is -1.94. The summed E-state index contributed by atoms with van der Waals surface area (Å²) in [5.41, 5.74) is 4.49. The van der Waals surface area contributed by atoms with Crippen LogP contribution in [-0.4, -0.2) is 29.8 Å². The zero-order valence-electron chi connectivity index (χ0n) is 16.3. The van der Waals surface area contributed by atoms with E-state index in [0.717, 1.165) is 22.3 Å². The van der Waals surface area contributed by atoms with Crippen molar-refractivity contribution in [1.82, 2.24) is 5.32 Å². The molecule has 1 amide bonds. The number of amides is 1. The molecule has 3 aromatic carbocycles. The fourth-order valence-electron chi connectivity index (χ4n) is 3.90. The van der Waals surface area contributed by atoms with E-state index in [1.54, 1.807) is 0 Å². The Morgan fingerprint density at radius 2 is 1.65 bits per heavy atom. The minimum atomic E-state index is -1.32. The highest BCUT2D eigenvalue weighted by Gasteiger charge is 2.30. The summed E-state index contributed by atoms with van der Waals surface area (Å²) in [6.07, 6.45) is -1.06. The maximum absolute atomic E-state index is 14.0. The van der Waals surface area contributed by atoms with E-state index in [0.29, 0.717) is 4.47 Å². The molecule has 4 rings (SSSR count). The number of carboxylic acids is 1. The molecule has 0 heterocycles. The monoisotopic (exact) mass is 483 g/mol. The van der Waals surface area contributed by atoms with Crippen LogP contribution in [0.4, 0.5) is 9.18 Å². The molecular formula is C24H19BrFNO4. The predicted octanol–water partition coefficient (Wildman–Crippen LogP) is 5.12. The quantitative estimate of drug-likeness (QED) is 0.509. The fraction of sp³-hybridized carbons (Fsp3) is 0.167. The third-order valence-electron chi connectivity index (χ3n) is 5.37. The number of benzene rings is 3. The van der Waals surface area contributed by atoms with Crippen LogP contribution in [0, 0.1) is 5.82 Å². The second-order valence-electron chi connectivity index (χ2n) is 7.30. The number of alkyl carbamates (subject to hydrolysis) is 1. The number of hydrogen-bond acceptors (Lipinski definition) is 3. The summed E-state index contributed by atoms with van der Waals surface area (Å²) >= 11 is 3.24. The third-order valence-corrected chi connectivity index (χ3v) is 5.86. The van der Waals surface area contributed by atoms with Crippen LogP contribution in [0.25, 0.3) is 11.1 Å². The Bertz CT molecular complexity index is 1100. The molecule has 0 aromatic heterocycles. The molecular weight excluding hydrogens is 465 g/mol. The molecule has 0 fully saturated rings. The molecule has 5 nitrogen and oxygen atoms in total. The van der Waals surface area contributed by atoms with Gasteiger partial charge in [-0.05, 0) is 46.0 Å². The van der Waals surface area contributed by atoms with Crippen molar-refractivity contribution in [2.75, 3.05) is 6.61 Å². The molecule has 0 radical (unpaired) electrons. The molecule has 2 N–H and O–H groups in total. The SMILES string of the molecule is O=C(N[C@@H](Cc1cc(Br)ccc1F)C(=O)O)OCC1c2ccccc2-c2ccccc21. The number of aliphatic carboxylic acids is 1. The minimum absolute atomic E-state index is 0.0669. The number of carbonyl (C=O) groups is 2. The zero-order chi connectivity index (χ0) is 22.0. The van der Waals surface area contributed by atoms with Crippen molar-refractivity contribution in [2.24, 2.45) is 0 Å². The predicted molar refractivity (Wildman–Crippen MR) is 117 cm³/mol. The standard InChI is InChI=1S/C24H19BrFNO4/c25-15-9-10-21(26)14(11-15)12-22(23(28)29)27-24(30)31-13-20-18-7-3-1-5-16(18)17-6-2-4-8-19(17)20/h1-11,20,22H,12-13H2,(H,27,30)(H,28,29)/t22-/m0/s1. The van der Waals surface area contributed by atoms with E-state index in [-0.39, 0.29) is 24.5 Å². The van der Waals surface area contributed by atoms with Gasteiger partial charge in [0, 0.05) is 16.8 Å². The van der Waals surface area contributed by atoms with Crippen LogP contribution in [-0.2, 0) is 16.0 Å². The molecule has 0 spiro atoms. The average molecular weight is 484 g/mol. The molecule has 0 aliphatic heterocycles. The third kappa shape index (κ3) is 4.46. The molecule has 1 aliphatic rings. The normalized spacial score (nSPS) is 13.2. The molecule has 0 saturated carbocycles. The highest BCUT2D eigenvalue weighted by atomic mass is 79.9. The summed E-state index contributed by atoms with van der Waals surface area (Å²) in [5, 5.41) is 11.8. The average Bonchev–Trinajstić information content (AvgIpc) is 3.08. The summed E-state index contributed by atoms with van der Waals surface area (Å²) in [6, 6.07) is 18.8. The number of carbonyl (C=O) groups excluding carboxylic acids is 1. The Hall–Kier alpha value is -3.19. The van der Waals surface area contributed by atoms with Gasteiger partial charge in [0.15, 0.2) is 0 Å². The van der Waals surface area contributed by atoms with Crippen LogP contribution >= 0.6 is 15.9 Å². The van der Waals surface area contributed by atoms with E-state index < -0.39 is 23.9 Å². The smallest absolute Gasteiger partial charge is 0.407 e. The van der Waals surface area contributed by atoms with E-state index in [2.05, 4.69) is 21.2 Å². The lowest BCUT2D eigenvalue weighted by Crippen LogP contribution is -2.43. The molecule has 0 bridgehead atoms. The van der Waals surface area contributed by atoms with Crippen LogP contribution in [0.1, 0.15) is 22.6 Å². The van der Waals surface area contributed by atoms with Gasteiger partial charge in [-0.25, -0.2) is 14.0 Å². The highest BCUT2D eigenvalue weighted by Crippen LogP contribution is 2.44. The van der Waals surface area contributed by atoms with Gasteiger partial charge in [0.25, 0.3) is 0 Å². The summed E-state index contributed by atoms with van der Waals surface area (Å²) in [6.45, 7) is 0.0669. The lowest BCUT2D eigenvalue weighted by Gasteiger charge is -2.18. The Morgan fingerprint density at radius 3 is 2.26 bits per heavy atom. The van der Waals surface area contributed by atoms with Gasteiger partial charge in [-0.15, -0.1) is 0 Å². The van der Waals surface area contributed by atoms with Crippen molar-refractivity contribution >= 4 is 28.0 Å². The first-order valence-electron chi connectivity index (χ1n) is 9.72.